The molecule has 3 aromatic rings. The van der Waals surface area contributed by atoms with E-state index in [0.29, 0.717) is 36.4 Å². The average Bonchev–Trinajstić information content (AvgIpc) is 3.18. The molecule has 0 spiro atoms. The number of sulfone groups is 1. The van der Waals surface area contributed by atoms with Crippen molar-refractivity contribution in [3.8, 4) is 0 Å². The van der Waals surface area contributed by atoms with Crippen LogP contribution in [0.2, 0.25) is 0 Å². The Hall–Kier alpha value is -2.94. The van der Waals surface area contributed by atoms with Gasteiger partial charge in [-0.1, -0.05) is 27.2 Å². The second kappa shape index (κ2) is 10.5. The zero-order chi connectivity index (χ0) is 25.0. The summed E-state index contributed by atoms with van der Waals surface area (Å²) >= 11 is 0. The highest BCUT2D eigenvalue weighted by Gasteiger charge is 2.21. The molecule has 184 valence electrons. The number of carbonyl (C=O) groups is 1. The SMILES string of the molecule is CCCCNC(=O)c1ccc(S(=O)(=O)CCCn2c(C(C)C)nc3c(N)nc(C)c(C)c32)cc1. The molecule has 0 aliphatic heterocycles. The number of aryl methyl sites for hydroxylation is 3. The van der Waals surface area contributed by atoms with Gasteiger partial charge in [0, 0.05) is 30.3 Å². The van der Waals surface area contributed by atoms with Crippen LogP contribution in [0.1, 0.15) is 73.4 Å². The highest BCUT2D eigenvalue weighted by atomic mass is 32.2. The maximum absolute atomic E-state index is 13.0. The van der Waals surface area contributed by atoms with Crippen molar-refractivity contribution in [2.45, 2.75) is 71.2 Å². The number of fused-ring (bicyclic) bond motifs is 1. The van der Waals surface area contributed by atoms with Gasteiger partial charge in [0.1, 0.15) is 11.3 Å². The third-order valence-corrected chi connectivity index (χ3v) is 7.85. The van der Waals surface area contributed by atoms with Gasteiger partial charge in [-0.15, -0.1) is 0 Å². The molecule has 0 atom stereocenters. The molecule has 3 rings (SSSR count). The average molecular weight is 486 g/mol. The van der Waals surface area contributed by atoms with Gasteiger partial charge in [-0.25, -0.2) is 18.4 Å². The molecule has 0 fully saturated rings. The second-order valence-corrected chi connectivity index (χ2v) is 11.1. The van der Waals surface area contributed by atoms with Crippen LogP contribution in [0, 0.1) is 13.8 Å². The molecular weight excluding hydrogens is 450 g/mol. The summed E-state index contributed by atoms with van der Waals surface area (Å²) in [6.07, 6.45) is 2.33. The lowest BCUT2D eigenvalue weighted by atomic mass is 10.2. The van der Waals surface area contributed by atoms with E-state index in [2.05, 4.69) is 35.6 Å². The molecule has 0 bridgehead atoms. The number of nitrogens with two attached hydrogens (primary N) is 1. The molecular formula is C25H35N5O3S. The molecule has 0 saturated carbocycles. The number of hydrogen-bond donors (Lipinski definition) is 2. The van der Waals surface area contributed by atoms with Gasteiger partial charge in [0.05, 0.1) is 16.2 Å². The van der Waals surface area contributed by atoms with Crippen LogP contribution < -0.4 is 11.1 Å². The van der Waals surface area contributed by atoms with E-state index in [9.17, 15) is 13.2 Å². The summed E-state index contributed by atoms with van der Waals surface area (Å²) in [7, 11) is -3.49. The van der Waals surface area contributed by atoms with Crippen molar-refractivity contribution in [3.05, 3.63) is 46.9 Å². The Balaban J connectivity index is 1.76. The number of nitrogens with one attached hydrogen (secondary N) is 1. The standard InChI is InChI=1S/C25H35N5O3S/c1-6-7-13-27-25(31)19-9-11-20(12-10-19)34(32,33)15-8-14-30-22-17(4)18(5)28-23(26)21(22)29-24(30)16(2)3/h9-12,16H,6-8,13-15H2,1-5H3,(H2,26,28)(H,27,31). The number of aromatic nitrogens is 3. The van der Waals surface area contributed by atoms with Crippen LogP contribution in [0.3, 0.4) is 0 Å². The molecule has 0 unspecified atom stereocenters. The molecule has 1 aromatic carbocycles. The van der Waals surface area contributed by atoms with E-state index in [1.807, 2.05) is 13.8 Å². The largest absolute Gasteiger partial charge is 0.382 e. The predicted octanol–water partition coefficient (Wildman–Crippen LogP) is 4.15. The van der Waals surface area contributed by atoms with Crippen molar-refractivity contribution >= 4 is 32.6 Å². The molecule has 0 radical (unpaired) electrons. The molecule has 2 heterocycles. The van der Waals surface area contributed by atoms with E-state index >= 15 is 0 Å². The Morgan fingerprint density at radius 3 is 2.41 bits per heavy atom. The first kappa shape index (κ1) is 25.7. The number of hydrogen-bond acceptors (Lipinski definition) is 6. The van der Waals surface area contributed by atoms with Crippen molar-refractivity contribution in [1.29, 1.82) is 0 Å². The summed E-state index contributed by atoms with van der Waals surface area (Å²) < 4.78 is 28.0. The van der Waals surface area contributed by atoms with Crippen LogP contribution in [-0.4, -0.2) is 41.2 Å². The third-order valence-electron chi connectivity index (χ3n) is 6.03. The lowest BCUT2D eigenvalue weighted by molar-refractivity contribution is 0.0953. The quantitative estimate of drug-likeness (QED) is 0.416. The first-order valence-electron chi connectivity index (χ1n) is 11.8. The fourth-order valence-corrected chi connectivity index (χ4v) is 5.31. The highest BCUT2D eigenvalue weighted by Crippen LogP contribution is 2.29. The molecule has 3 N–H and O–H groups in total. The number of nitrogens with zero attached hydrogens (tertiary/aromatic N) is 3. The van der Waals surface area contributed by atoms with Gasteiger partial charge in [0.15, 0.2) is 15.7 Å². The number of rotatable bonds is 10. The third kappa shape index (κ3) is 5.41. The summed E-state index contributed by atoms with van der Waals surface area (Å²) in [5.41, 5.74) is 10.0. The zero-order valence-corrected chi connectivity index (χ0v) is 21.5. The van der Waals surface area contributed by atoms with Crippen molar-refractivity contribution < 1.29 is 13.2 Å². The normalized spacial score (nSPS) is 11.9. The topological polar surface area (TPSA) is 120 Å². The molecule has 34 heavy (non-hydrogen) atoms. The molecule has 9 heteroatoms. The minimum atomic E-state index is -3.49. The number of amides is 1. The summed E-state index contributed by atoms with van der Waals surface area (Å²) in [5.74, 6) is 1.22. The maximum atomic E-state index is 13.0. The lowest BCUT2D eigenvalue weighted by Gasteiger charge is -2.14. The number of nitrogen functional groups attached to an aromatic ring is 1. The van der Waals surface area contributed by atoms with Crippen molar-refractivity contribution in [1.82, 2.24) is 19.9 Å². The number of anilines is 1. The van der Waals surface area contributed by atoms with E-state index in [4.69, 9.17) is 10.7 Å². The Labute approximate surface area is 201 Å². The smallest absolute Gasteiger partial charge is 0.251 e. The molecule has 2 aromatic heterocycles. The number of benzene rings is 1. The predicted molar refractivity (Wildman–Crippen MR) is 136 cm³/mol. The van der Waals surface area contributed by atoms with Crippen LogP contribution in [0.15, 0.2) is 29.2 Å². The van der Waals surface area contributed by atoms with E-state index in [1.165, 1.54) is 12.1 Å². The van der Waals surface area contributed by atoms with Gasteiger partial charge in [0.25, 0.3) is 5.91 Å². The van der Waals surface area contributed by atoms with Crippen LogP contribution in [0.25, 0.3) is 11.0 Å². The number of carbonyl (C=O) groups excluding carboxylic acids is 1. The molecule has 0 aliphatic carbocycles. The van der Waals surface area contributed by atoms with Crippen LogP contribution in [0.5, 0.6) is 0 Å². The molecule has 0 saturated heterocycles. The first-order valence-corrected chi connectivity index (χ1v) is 13.5. The molecule has 1 amide bonds. The Bertz CT molecular complexity index is 1280. The maximum Gasteiger partial charge on any atom is 0.251 e. The van der Waals surface area contributed by atoms with E-state index in [0.717, 1.165) is 35.4 Å². The van der Waals surface area contributed by atoms with Gasteiger partial charge in [-0.2, -0.15) is 0 Å². The van der Waals surface area contributed by atoms with Gasteiger partial charge in [0.2, 0.25) is 0 Å². The monoisotopic (exact) mass is 485 g/mol. The van der Waals surface area contributed by atoms with Gasteiger partial charge < -0.3 is 15.6 Å². The number of unbranched alkanes of at least 4 members (excludes halogenated alkanes) is 1. The highest BCUT2D eigenvalue weighted by molar-refractivity contribution is 7.91. The van der Waals surface area contributed by atoms with E-state index < -0.39 is 9.84 Å². The first-order chi connectivity index (χ1) is 16.1. The van der Waals surface area contributed by atoms with Crippen molar-refractivity contribution in [3.63, 3.8) is 0 Å². The second-order valence-electron chi connectivity index (χ2n) is 8.99. The minimum absolute atomic E-state index is 0.00908. The lowest BCUT2D eigenvalue weighted by Crippen LogP contribution is -2.24. The summed E-state index contributed by atoms with van der Waals surface area (Å²) in [6, 6.07) is 6.15. The summed E-state index contributed by atoms with van der Waals surface area (Å²) in [4.78, 5) is 21.5. The Morgan fingerprint density at radius 1 is 1.12 bits per heavy atom. The van der Waals surface area contributed by atoms with Gasteiger partial charge >= 0.3 is 0 Å². The summed E-state index contributed by atoms with van der Waals surface area (Å²) in [5, 5.41) is 2.84. The Morgan fingerprint density at radius 2 is 1.79 bits per heavy atom. The van der Waals surface area contributed by atoms with Crippen LogP contribution in [-0.2, 0) is 16.4 Å². The van der Waals surface area contributed by atoms with Gasteiger partial charge in [-0.3, -0.25) is 4.79 Å². The van der Waals surface area contributed by atoms with Crippen LogP contribution in [0.4, 0.5) is 5.82 Å². The minimum Gasteiger partial charge on any atom is -0.382 e. The van der Waals surface area contributed by atoms with Crippen molar-refractivity contribution in [2.75, 3.05) is 18.0 Å². The fourth-order valence-electron chi connectivity index (χ4n) is 4.01. The summed E-state index contributed by atoms with van der Waals surface area (Å²) in [6.45, 7) is 11.2. The van der Waals surface area contributed by atoms with Crippen molar-refractivity contribution in [2.24, 2.45) is 0 Å². The van der Waals surface area contributed by atoms with Crippen LogP contribution >= 0.6 is 0 Å². The number of imidazole rings is 1. The zero-order valence-electron chi connectivity index (χ0n) is 20.7. The fraction of sp³-hybridized carbons (Fsp3) is 0.480. The van der Waals surface area contributed by atoms with E-state index in [1.54, 1.807) is 12.1 Å². The van der Waals surface area contributed by atoms with E-state index in [-0.39, 0.29) is 22.5 Å². The molecule has 8 nitrogen and oxygen atoms in total. The Kier molecular flexibility index (Phi) is 7.97. The van der Waals surface area contributed by atoms with Gasteiger partial charge in [-0.05, 0) is 56.5 Å². The molecule has 0 aliphatic rings. The number of pyridine rings is 1.